The monoisotopic (exact) mass is 1550 g/mol. The van der Waals surface area contributed by atoms with Gasteiger partial charge in [0, 0.05) is 88.3 Å². The molecule has 0 atom stereocenters. The average molecular weight is 1550 g/mol. The number of nitrogens with zero attached hydrogens (tertiary/aromatic N) is 6. The van der Waals surface area contributed by atoms with Gasteiger partial charge < -0.3 is 9.47 Å². The number of aromatic nitrogens is 6. The maximum Gasteiger partial charge on any atom is 0.160 e. The van der Waals surface area contributed by atoms with Gasteiger partial charge in [-0.05, 0) is 156 Å². The standard InChI is InChI=1S/C114H68N6O2/c1-3-24-71(25-4-1)101-67-102(73-52-56-75(57-53-73)109-89-63-87-81-30-7-11-34-91(81)113(97(87)65-85(89)83-32-9-17-40-99(83)115-109)93-36-13-19-42-105(93)121-106-43-20-14-37-94(106)113)120-112(117-101)78-60-48-70(49-61-78)80-29-23-28-79(62-80)69-46-50-72(51-47-69)103-68-104(119-111(118-103)77-26-5-2-6-27-77)74-54-58-76(59-55-74)110-90-64-88-82-31-8-12-35-92(82)114(98(88)66-86(90)84-33-10-18-41-100(84)116-110)95-38-15-21-44-107(95)122-108-45-22-16-39-96(108)114/h1-68H. The minimum atomic E-state index is -0.599. The van der Waals surface area contributed by atoms with Gasteiger partial charge in [0.1, 0.15) is 23.0 Å². The van der Waals surface area contributed by atoms with Gasteiger partial charge in [-0.3, -0.25) is 0 Å². The third-order valence-corrected chi connectivity index (χ3v) is 25.6. The highest BCUT2D eigenvalue weighted by atomic mass is 16.5. The third-order valence-electron chi connectivity index (χ3n) is 25.6. The summed E-state index contributed by atoms with van der Waals surface area (Å²) in [4.78, 5) is 32.2. The molecule has 4 aliphatic rings. The van der Waals surface area contributed by atoms with Crippen LogP contribution in [0.15, 0.2) is 413 Å². The van der Waals surface area contributed by atoms with E-state index in [1.165, 1.54) is 44.5 Å². The molecular formula is C114H68N6O2. The Balaban J connectivity index is 0.518. The first-order valence-electron chi connectivity index (χ1n) is 41.5. The molecule has 2 spiro atoms. The van der Waals surface area contributed by atoms with Crippen LogP contribution < -0.4 is 9.47 Å². The van der Waals surface area contributed by atoms with Crippen molar-refractivity contribution in [1.29, 1.82) is 0 Å². The van der Waals surface area contributed by atoms with E-state index in [1.807, 2.05) is 24.3 Å². The minimum absolute atomic E-state index is 0.599. The molecule has 6 heterocycles. The zero-order chi connectivity index (χ0) is 80.1. The number of ether oxygens (including phenoxy) is 2. The predicted octanol–water partition coefficient (Wildman–Crippen LogP) is 28.3. The largest absolute Gasteiger partial charge is 0.457 e. The average Bonchev–Trinajstić information content (AvgIpc) is 1.48. The Morgan fingerprint density at radius 2 is 0.459 bits per heavy atom. The maximum atomic E-state index is 6.71. The molecule has 17 aromatic carbocycles. The van der Waals surface area contributed by atoms with Crippen LogP contribution in [0.2, 0.25) is 0 Å². The second-order valence-electron chi connectivity index (χ2n) is 32.2. The molecule has 0 saturated carbocycles. The van der Waals surface area contributed by atoms with E-state index in [1.54, 1.807) is 0 Å². The van der Waals surface area contributed by atoms with Crippen LogP contribution in [0.1, 0.15) is 44.5 Å². The summed E-state index contributed by atoms with van der Waals surface area (Å²) in [6, 6.07) is 147. The van der Waals surface area contributed by atoms with Gasteiger partial charge in [0.15, 0.2) is 11.6 Å². The number of rotatable bonds is 10. The highest BCUT2D eigenvalue weighted by molar-refractivity contribution is 6.15. The lowest BCUT2D eigenvalue weighted by atomic mass is 9.66. The van der Waals surface area contributed by atoms with E-state index in [0.29, 0.717) is 11.6 Å². The number of benzene rings is 17. The highest BCUT2D eigenvalue weighted by Gasteiger charge is 2.53. The van der Waals surface area contributed by atoms with Crippen molar-refractivity contribution >= 4 is 43.4 Å². The molecule has 0 fully saturated rings. The van der Waals surface area contributed by atoms with Crippen LogP contribution in [0, 0.1) is 0 Å². The molecule has 8 heteroatoms. The van der Waals surface area contributed by atoms with Crippen molar-refractivity contribution in [3.05, 3.63) is 457 Å². The van der Waals surface area contributed by atoms with E-state index in [0.717, 1.165) is 190 Å². The van der Waals surface area contributed by atoms with E-state index in [-0.39, 0.29) is 0 Å². The Kier molecular flexibility index (Phi) is 15.4. The molecule has 122 heavy (non-hydrogen) atoms. The summed E-state index contributed by atoms with van der Waals surface area (Å²) in [6.45, 7) is 0. The van der Waals surface area contributed by atoms with Crippen molar-refractivity contribution in [2.24, 2.45) is 0 Å². The summed E-state index contributed by atoms with van der Waals surface area (Å²) in [5.41, 5.74) is 32.3. The van der Waals surface area contributed by atoms with E-state index in [9.17, 15) is 0 Å². The molecular weight excluding hydrogens is 1490 g/mol. The van der Waals surface area contributed by atoms with Crippen molar-refractivity contribution in [3.8, 4) is 158 Å². The van der Waals surface area contributed by atoms with Crippen molar-refractivity contribution in [2.45, 2.75) is 10.8 Å². The molecule has 0 saturated heterocycles. The summed E-state index contributed by atoms with van der Waals surface area (Å²) in [7, 11) is 0. The van der Waals surface area contributed by atoms with Crippen LogP contribution >= 0.6 is 0 Å². The summed E-state index contributed by atoms with van der Waals surface area (Å²) in [5, 5.41) is 6.69. The van der Waals surface area contributed by atoms with Crippen molar-refractivity contribution in [1.82, 2.24) is 29.9 Å². The van der Waals surface area contributed by atoms with E-state index in [2.05, 4.69) is 388 Å². The minimum Gasteiger partial charge on any atom is -0.457 e. The van der Waals surface area contributed by atoms with E-state index in [4.69, 9.17) is 39.4 Å². The second kappa shape index (κ2) is 27.2. The van der Waals surface area contributed by atoms with Gasteiger partial charge in [-0.2, -0.15) is 0 Å². The van der Waals surface area contributed by atoms with Crippen molar-refractivity contribution < 1.29 is 9.47 Å². The van der Waals surface area contributed by atoms with Crippen molar-refractivity contribution in [2.75, 3.05) is 0 Å². The van der Waals surface area contributed by atoms with Crippen LogP contribution in [0.3, 0.4) is 0 Å². The molecule has 2 aliphatic heterocycles. The van der Waals surface area contributed by atoms with Gasteiger partial charge >= 0.3 is 0 Å². The molecule has 0 radical (unpaired) electrons. The molecule has 566 valence electrons. The van der Waals surface area contributed by atoms with Crippen LogP contribution in [-0.4, -0.2) is 29.9 Å². The summed E-state index contributed by atoms with van der Waals surface area (Å²) in [5.74, 6) is 4.78. The second-order valence-corrected chi connectivity index (χ2v) is 32.2. The molecule has 25 rings (SSSR count). The lowest BCUT2D eigenvalue weighted by Gasteiger charge is -2.39. The summed E-state index contributed by atoms with van der Waals surface area (Å²) < 4.78 is 13.4. The Labute approximate surface area is 703 Å². The van der Waals surface area contributed by atoms with Gasteiger partial charge in [0.2, 0.25) is 0 Å². The Hall–Kier alpha value is -16.2. The van der Waals surface area contributed by atoms with Crippen LogP contribution in [0.4, 0.5) is 0 Å². The van der Waals surface area contributed by atoms with Crippen LogP contribution in [0.25, 0.3) is 178 Å². The molecule has 0 unspecified atom stereocenters. The summed E-state index contributed by atoms with van der Waals surface area (Å²) >= 11 is 0. The Morgan fingerprint density at radius 1 is 0.164 bits per heavy atom. The van der Waals surface area contributed by atoms with Gasteiger partial charge in [-0.1, -0.05) is 334 Å². The Bertz CT molecular complexity index is 7370. The fourth-order valence-corrected chi connectivity index (χ4v) is 20.1. The molecule has 0 amide bonds. The lowest BCUT2D eigenvalue weighted by Crippen LogP contribution is -2.32. The normalized spacial score (nSPS) is 13.2. The number of fused-ring (bicyclic) bond motifs is 24. The first-order valence-corrected chi connectivity index (χ1v) is 41.5. The lowest BCUT2D eigenvalue weighted by molar-refractivity contribution is 0.436. The number of hydrogen-bond donors (Lipinski definition) is 0. The zero-order valence-electron chi connectivity index (χ0n) is 65.8. The molecule has 21 aromatic rings. The maximum absolute atomic E-state index is 6.71. The quantitative estimate of drug-likeness (QED) is 0.125. The molecule has 8 nitrogen and oxygen atoms in total. The third kappa shape index (κ3) is 10.6. The molecule has 0 bridgehead atoms. The van der Waals surface area contributed by atoms with E-state index >= 15 is 0 Å². The van der Waals surface area contributed by atoms with Crippen LogP contribution in [0.5, 0.6) is 23.0 Å². The molecule has 4 aromatic heterocycles. The first-order chi connectivity index (χ1) is 60.4. The Morgan fingerprint density at radius 3 is 0.861 bits per heavy atom. The number of para-hydroxylation sites is 6. The van der Waals surface area contributed by atoms with Gasteiger partial charge in [0.25, 0.3) is 0 Å². The highest BCUT2D eigenvalue weighted by Crippen LogP contribution is 2.65. The molecule has 0 N–H and O–H groups in total. The summed E-state index contributed by atoms with van der Waals surface area (Å²) in [6.07, 6.45) is 0. The molecule has 2 aliphatic carbocycles. The first kappa shape index (κ1) is 69.0. The fourth-order valence-electron chi connectivity index (χ4n) is 20.1. The SMILES string of the molecule is c1ccc(-c2cc(-c3ccc(-c4nc5ccccc5c5cc6c(cc45)-c4ccccc4C64c5ccccc5Oc5ccccc54)cc3)nc(-c3ccc(-c4cccc(-c5ccc(-c6cc(-c7ccc(-c8nc9ccccc9c9cc%10c(cc89)-c8ccccc8C%108c9ccccc9Oc9ccccc98)cc7)nc(-c7ccccc7)n6)cc5)c4)cc3)n2)cc1. The number of hydrogen-bond acceptors (Lipinski definition) is 8. The van der Waals surface area contributed by atoms with Crippen LogP contribution in [-0.2, 0) is 10.8 Å². The smallest absolute Gasteiger partial charge is 0.160 e. The van der Waals surface area contributed by atoms with Gasteiger partial charge in [-0.25, -0.2) is 29.9 Å². The predicted molar refractivity (Wildman–Crippen MR) is 492 cm³/mol. The fraction of sp³-hybridized carbons (Fsp3) is 0.0175. The van der Waals surface area contributed by atoms with E-state index < -0.39 is 10.8 Å². The number of pyridine rings is 2. The van der Waals surface area contributed by atoms with Gasteiger partial charge in [0.05, 0.1) is 56.0 Å². The van der Waals surface area contributed by atoms with Crippen molar-refractivity contribution in [3.63, 3.8) is 0 Å². The topological polar surface area (TPSA) is 95.8 Å². The van der Waals surface area contributed by atoms with Gasteiger partial charge in [-0.15, -0.1) is 0 Å². The zero-order valence-corrected chi connectivity index (χ0v) is 65.8.